The summed E-state index contributed by atoms with van der Waals surface area (Å²) in [6, 6.07) is 2.08. The van der Waals surface area contributed by atoms with Crippen LogP contribution in [0.4, 0.5) is 0 Å². The van der Waals surface area contributed by atoms with Gasteiger partial charge in [-0.2, -0.15) is 11.3 Å². The average molecular weight is 248 g/mol. The van der Waals surface area contributed by atoms with Crippen molar-refractivity contribution in [1.82, 2.24) is 9.97 Å². The molecule has 16 heavy (non-hydrogen) atoms. The normalized spacial score (nSPS) is 14.8. The van der Waals surface area contributed by atoms with Crippen LogP contribution in [-0.2, 0) is 12.8 Å². The molecule has 0 aromatic carbocycles. The summed E-state index contributed by atoms with van der Waals surface area (Å²) in [5.74, 6) is 0.923. The van der Waals surface area contributed by atoms with Crippen LogP contribution in [0.2, 0.25) is 0 Å². The maximum absolute atomic E-state index is 5.37. The highest BCUT2D eigenvalue weighted by Gasteiger charge is 2.13. The van der Waals surface area contributed by atoms with E-state index in [1.807, 2.05) is 0 Å². The van der Waals surface area contributed by atoms with E-state index in [2.05, 4.69) is 26.8 Å². The molecule has 1 aliphatic rings. The summed E-state index contributed by atoms with van der Waals surface area (Å²) in [6.07, 6.45) is 4.69. The van der Waals surface area contributed by atoms with E-state index in [4.69, 9.17) is 12.2 Å². The molecule has 0 amide bonds. The molecule has 4 heteroatoms. The molecule has 0 unspecified atom stereocenters. The van der Waals surface area contributed by atoms with Crippen LogP contribution in [0.3, 0.4) is 0 Å². The van der Waals surface area contributed by atoms with E-state index in [-0.39, 0.29) is 0 Å². The number of hydrogen-bond acceptors (Lipinski definition) is 3. The number of aryl methyl sites for hydroxylation is 1. The Kier molecular flexibility index (Phi) is 2.61. The van der Waals surface area contributed by atoms with E-state index in [1.54, 1.807) is 11.3 Å². The van der Waals surface area contributed by atoms with Crippen LogP contribution >= 0.6 is 23.6 Å². The summed E-state index contributed by atoms with van der Waals surface area (Å²) < 4.78 is 0.787. The van der Waals surface area contributed by atoms with Gasteiger partial charge in [-0.3, -0.25) is 0 Å². The first kappa shape index (κ1) is 10.2. The molecule has 3 rings (SSSR count). The Morgan fingerprint density at radius 2 is 2.19 bits per heavy atom. The van der Waals surface area contributed by atoms with Crippen molar-refractivity contribution in [2.24, 2.45) is 0 Å². The number of aromatic amines is 1. The summed E-state index contributed by atoms with van der Waals surface area (Å²) in [5.41, 5.74) is 3.71. The summed E-state index contributed by atoms with van der Waals surface area (Å²) in [5, 5.41) is 4.16. The van der Waals surface area contributed by atoms with Crippen molar-refractivity contribution in [3.63, 3.8) is 0 Å². The minimum Gasteiger partial charge on any atom is -0.343 e. The summed E-state index contributed by atoms with van der Waals surface area (Å²) in [4.78, 5) is 7.93. The Labute approximate surface area is 103 Å². The van der Waals surface area contributed by atoms with Crippen molar-refractivity contribution >= 4 is 23.6 Å². The third-order valence-electron chi connectivity index (χ3n) is 3.00. The zero-order chi connectivity index (χ0) is 11.0. The fraction of sp³-hybridized carbons (Fsp3) is 0.333. The molecular weight excluding hydrogens is 236 g/mol. The Hall–Kier alpha value is -1.00. The van der Waals surface area contributed by atoms with Crippen molar-refractivity contribution in [1.29, 1.82) is 0 Å². The SMILES string of the molecule is S=c1nc(-c2ccsc2)[nH]c2c1CCCC2. The molecule has 0 atom stereocenters. The predicted molar refractivity (Wildman–Crippen MR) is 69.4 cm³/mol. The number of aromatic nitrogens is 2. The standard InChI is InChI=1S/C12H12N2S2/c15-12-9-3-1-2-4-10(9)13-11(14-12)8-5-6-16-7-8/h5-7H,1-4H2,(H,13,14,15). The molecule has 0 saturated carbocycles. The van der Waals surface area contributed by atoms with Crippen LogP contribution in [0.1, 0.15) is 24.1 Å². The first-order valence-electron chi connectivity index (χ1n) is 5.49. The molecule has 2 heterocycles. The molecule has 0 fully saturated rings. The molecule has 2 aromatic rings. The average Bonchev–Trinajstić information content (AvgIpc) is 2.82. The summed E-state index contributed by atoms with van der Waals surface area (Å²) in [7, 11) is 0. The fourth-order valence-electron chi connectivity index (χ4n) is 2.16. The molecule has 0 spiro atoms. The molecular formula is C12H12N2S2. The van der Waals surface area contributed by atoms with E-state index in [0.717, 1.165) is 28.9 Å². The zero-order valence-corrected chi connectivity index (χ0v) is 10.5. The molecule has 2 aromatic heterocycles. The fourth-order valence-corrected chi connectivity index (χ4v) is 3.11. The Morgan fingerprint density at radius 3 is 3.00 bits per heavy atom. The largest absolute Gasteiger partial charge is 0.343 e. The maximum Gasteiger partial charge on any atom is 0.139 e. The van der Waals surface area contributed by atoms with E-state index < -0.39 is 0 Å². The van der Waals surface area contributed by atoms with Gasteiger partial charge in [0.2, 0.25) is 0 Å². The molecule has 0 radical (unpaired) electrons. The summed E-state index contributed by atoms with van der Waals surface area (Å²) in [6.45, 7) is 0. The second-order valence-electron chi connectivity index (χ2n) is 4.07. The van der Waals surface area contributed by atoms with E-state index in [0.29, 0.717) is 0 Å². The smallest absolute Gasteiger partial charge is 0.139 e. The van der Waals surface area contributed by atoms with Gasteiger partial charge in [0.25, 0.3) is 0 Å². The van der Waals surface area contributed by atoms with Gasteiger partial charge in [0.05, 0.1) is 0 Å². The number of thiophene rings is 1. The van der Waals surface area contributed by atoms with Gasteiger partial charge >= 0.3 is 0 Å². The van der Waals surface area contributed by atoms with Gasteiger partial charge in [0.1, 0.15) is 10.5 Å². The lowest BCUT2D eigenvalue weighted by atomic mass is 9.97. The monoisotopic (exact) mass is 248 g/mol. The zero-order valence-electron chi connectivity index (χ0n) is 8.82. The van der Waals surface area contributed by atoms with E-state index in [9.17, 15) is 0 Å². The van der Waals surface area contributed by atoms with Gasteiger partial charge < -0.3 is 4.98 Å². The maximum atomic E-state index is 5.37. The van der Waals surface area contributed by atoms with Crippen molar-refractivity contribution in [3.05, 3.63) is 32.7 Å². The first-order chi connectivity index (χ1) is 7.84. The molecule has 1 N–H and O–H groups in total. The first-order valence-corrected chi connectivity index (χ1v) is 6.84. The quantitative estimate of drug-likeness (QED) is 0.779. The summed E-state index contributed by atoms with van der Waals surface area (Å²) >= 11 is 7.06. The van der Waals surface area contributed by atoms with Crippen LogP contribution in [-0.4, -0.2) is 9.97 Å². The van der Waals surface area contributed by atoms with E-state index >= 15 is 0 Å². The molecule has 82 valence electrons. The van der Waals surface area contributed by atoms with Gasteiger partial charge in [0.15, 0.2) is 0 Å². The van der Waals surface area contributed by atoms with Gasteiger partial charge in [-0.05, 0) is 37.1 Å². The topological polar surface area (TPSA) is 28.7 Å². The molecule has 0 bridgehead atoms. The number of nitrogens with zero attached hydrogens (tertiary/aromatic N) is 1. The van der Waals surface area contributed by atoms with Gasteiger partial charge in [-0.25, -0.2) is 4.98 Å². The number of fused-ring (bicyclic) bond motifs is 1. The molecule has 2 nitrogen and oxygen atoms in total. The lowest BCUT2D eigenvalue weighted by Gasteiger charge is -2.16. The molecule has 0 aliphatic heterocycles. The minimum atomic E-state index is 0.787. The Bertz CT molecular complexity index is 555. The van der Waals surface area contributed by atoms with Gasteiger partial charge in [-0.1, -0.05) is 12.2 Å². The van der Waals surface area contributed by atoms with Crippen LogP contribution in [0.5, 0.6) is 0 Å². The second-order valence-corrected chi connectivity index (χ2v) is 5.23. The highest BCUT2D eigenvalue weighted by atomic mass is 32.1. The highest BCUT2D eigenvalue weighted by molar-refractivity contribution is 7.71. The second kappa shape index (κ2) is 4.11. The lowest BCUT2D eigenvalue weighted by Crippen LogP contribution is -2.08. The van der Waals surface area contributed by atoms with E-state index in [1.165, 1.54) is 24.1 Å². The van der Waals surface area contributed by atoms with Crippen LogP contribution in [0, 0.1) is 4.64 Å². The third-order valence-corrected chi connectivity index (χ3v) is 4.02. The number of H-pyrrole nitrogens is 1. The molecule has 1 aliphatic carbocycles. The Morgan fingerprint density at radius 1 is 1.31 bits per heavy atom. The van der Waals surface area contributed by atoms with Crippen LogP contribution in [0.15, 0.2) is 16.8 Å². The van der Waals surface area contributed by atoms with Crippen molar-refractivity contribution in [3.8, 4) is 11.4 Å². The Balaban J connectivity index is 2.16. The molecule has 0 saturated heterocycles. The third kappa shape index (κ3) is 1.72. The van der Waals surface area contributed by atoms with Gasteiger partial charge in [-0.15, -0.1) is 0 Å². The van der Waals surface area contributed by atoms with Crippen molar-refractivity contribution in [2.45, 2.75) is 25.7 Å². The predicted octanol–water partition coefficient (Wildman–Crippen LogP) is 3.75. The van der Waals surface area contributed by atoms with Gasteiger partial charge in [0, 0.05) is 22.2 Å². The van der Waals surface area contributed by atoms with Crippen LogP contribution < -0.4 is 0 Å². The lowest BCUT2D eigenvalue weighted by molar-refractivity contribution is 0.661. The number of rotatable bonds is 1. The van der Waals surface area contributed by atoms with Crippen molar-refractivity contribution < 1.29 is 0 Å². The number of nitrogens with one attached hydrogen (secondary N) is 1. The van der Waals surface area contributed by atoms with Crippen molar-refractivity contribution in [2.75, 3.05) is 0 Å². The van der Waals surface area contributed by atoms with Crippen LogP contribution in [0.25, 0.3) is 11.4 Å². The number of hydrogen-bond donors (Lipinski definition) is 1. The minimum absolute atomic E-state index is 0.787. The highest BCUT2D eigenvalue weighted by Crippen LogP contribution is 2.24.